The van der Waals surface area contributed by atoms with Gasteiger partial charge in [-0.15, -0.1) is 0 Å². The topological polar surface area (TPSA) is 50.1 Å². The number of nitriles is 1. The van der Waals surface area contributed by atoms with Crippen molar-refractivity contribution in [3.63, 3.8) is 0 Å². The van der Waals surface area contributed by atoms with Crippen molar-refractivity contribution in [2.45, 2.75) is 27.2 Å². The number of nitrogens with zero attached hydrogens (tertiary/aromatic N) is 1. The van der Waals surface area contributed by atoms with E-state index in [1.165, 1.54) is 13.8 Å². The molecule has 0 radical (unpaired) electrons. The quantitative estimate of drug-likeness (QED) is 0.370. The molecule has 0 unspecified atom stereocenters. The smallest absolute Gasteiger partial charge is 0.317 e. The highest BCUT2D eigenvalue weighted by molar-refractivity contribution is 5.78. The zero-order chi connectivity index (χ0) is 15.7. The first kappa shape index (κ1) is 16.0. The number of carbonyl (C=O) groups excluding carboxylic acids is 1. The minimum Gasteiger partial charge on any atom is -0.420 e. The van der Waals surface area contributed by atoms with Gasteiger partial charge in [0.25, 0.3) is 0 Å². The Morgan fingerprint density at radius 3 is 1.95 bits per heavy atom. The number of ether oxygens (including phenoxy) is 1. The van der Waals surface area contributed by atoms with Gasteiger partial charge in [-0.3, -0.25) is 4.79 Å². The van der Waals surface area contributed by atoms with E-state index < -0.39 is 46.0 Å². The summed E-state index contributed by atoms with van der Waals surface area (Å²) >= 11 is 0. The van der Waals surface area contributed by atoms with Crippen molar-refractivity contribution in [3.8, 4) is 11.8 Å². The van der Waals surface area contributed by atoms with Gasteiger partial charge in [-0.1, -0.05) is 6.92 Å². The number of halogens is 4. The van der Waals surface area contributed by atoms with Gasteiger partial charge in [-0.2, -0.15) is 14.0 Å². The second-order valence-corrected chi connectivity index (χ2v) is 4.70. The van der Waals surface area contributed by atoms with Crippen LogP contribution in [0.15, 0.2) is 0 Å². The van der Waals surface area contributed by atoms with Gasteiger partial charge in [0.15, 0.2) is 11.6 Å². The largest absolute Gasteiger partial charge is 0.420 e. The summed E-state index contributed by atoms with van der Waals surface area (Å²) in [5, 5.41) is 8.42. The summed E-state index contributed by atoms with van der Waals surface area (Å²) in [6.07, 6.45) is 0.288. The molecule has 0 aliphatic heterocycles. The maximum atomic E-state index is 13.5. The number of hydrogen-bond acceptors (Lipinski definition) is 3. The van der Waals surface area contributed by atoms with Crippen molar-refractivity contribution in [1.82, 2.24) is 0 Å². The lowest BCUT2D eigenvalue weighted by Crippen LogP contribution is -2.29. The molecule has 0 heterocycles. The van der Waals surface area contributed by atoms with Gasteiger partial charge in [0.1, 0.15) is 11.6 Å². The second kappa shape index (κ2) is 5.49. The summed E-state index contributed by atoms with van der Waals surface area (Å²) in [5.74, 6) is -10.2. The Hall–Kier alpha value is -2.10. The Kier molecular flexibility index (Phi) is 4.38. The third kappa shape index (κ3) is 2.59. The molecule has 20 heavy (non-hydrogen) atoms. The summed E-state index contributed by atoms with van der Waals surface area (Å²) in [6.45, 7) is 4.52. The molecule has 0 atom stereocenters. The first-order valence-corrected chi connectivity index (χ1v) is 5.65. The first-order valence-electron chi connectivity index (χ1n) is 5.65. The first-order chi connectivity index (χ1) is 9.17. The molecule has 108 valence electrons. The summed E-state index contributed by atoms with van der Waals surface area (Å²) in [6, 6.07) is 0.997. The predicted octanol–water partition coefficient (Wildman–Crippen LogP) is 3.46. The van der Waals surface area contributed by atoms with Crippen LogP contribution in [-0.4, -0.2) is 5.97 Å². The Morgan fingerprint density at radius 2 is 1.60 bits per heavy atom. The lowest BCUT2D eigenvalue weighted by atomic mass is 9.91. The zero-order valence-corrected chi connectivity index (χ0v) is 11.0. The molecule has 1 aromatic carbocycles. The van der Waals surface area contributed by atoms with Crippen LogP contribution in [0, 0.1) is 40.0 Å². The van der Waals surface area contributed by atoms with Crippen LogP contribution in [0.5, 0.6) is 5.75 Å². The van der Waals surface area contributed by atoms with Crippen molar-refractivity contribution in [2.75, 3.05) is 0 Å². The fourth-order valence-corrected chi connectivity index (χ4v) is 1.17. The van der Waals surface area contributed by atoms with Crippen LogP contribution in [-0.2, 0) is 4.79 Å². The maximum Gasteiger partial charge on any atom is 0.317 e. The van der Waals surface area contributed by atoms with Gasteiger partial charge < -0.3 is 4.74 Å². The predicted molar refractivity (Wildman–Crippen MR) is 60.7 cm³/mol. The van der Waals surface area contributed by atoms with E-state index in [0.29, 0.717) is 0 Å². The van der Waals surface area contributed by atoms with E-state index in [1.807, 2.05) is 0 Å². The van der Waals surface area contributed by atoms with Crippen molar-refractivity contribution < 1.29 is 27.1 Å². The monoisotopic (exact) mass is 289 g/mol. The van der Waals surface area contributed by atoms with Crippen LogP contribution < -0.4 is 4.74 Å². The Balaban J connectivity index is 3.36. The maximum absolute atomic E-state index is 13.5. The molecule has 0 spiro atoms. The van der Waals surface area contributed by atoms with Crippen LogP contribution in [0.2, 0.25) is 0 Å². The van der Waals surface area contributed by atoms with Crippen LogP contribution in [0.1, 0.15) is 32.8 Å². The normalized spacial score (nSPS) is 11.1. The SMILES string of the molecule is CCC(C)(C)C(=O)Oc1c(F)c(F)c(C#N)c(F)c1F. The van der Waals surface area contributed by atoms with E-state index in [1.54, 1.807) is 6.92 Å². The van der Waals surface area contributed by atoms with Gasteiger partial charge in [0, 0.05) is 0 Å². The number of rotatable bonds is 3. The van der Waals surface area contributed by atoms with E-state index in [4.69, 9.17) is 5.26 Å². The molecular formula is C13H11F4NO2. The Bertz CT molecular complexity index is 576. The summed E-state index contributed by atoms with van der Waals surface area (Å²) in [7, 11) is 0. The fourth-order valence-electron chi connectivity index (χ4n) is 1.17. The molecule has 7 heteroatoms. The standard InChI is InChI=1S/C13H11F4NO2/c1-4-13(2,3)12(19)20-11-9(16)7(14)6(5-18)8(15)10(11)17/h4H2,1-3H3. The molecule has 0 N–H and O–H groups in total. The molecule has 0 fully saturated rings. The van der Waals surface area contributed by atoms with Gasteiger partial charge >= 0.3 is 5.97 Å². The lowest BCUT2D eigenvalue weighted by Gasteiger charge is -2.20. The van der Waals surface area contributed by atoms with Gasteiger partial charge in [-0.25, -0.2) is 8.78 Å². The van der Waals surface area contributed by atoms with Gasteiger partial charge in [0.2, 0.25) is 17.4 Å². The number of benzene rings is 1. The van der Waals surface area contributed by atoms with E-state index in [0.717, 1.165) is 6.07 Å². The molecule has 0 bridgehead atoms. The summed E-state index contributed by atoms with van der Waals surface area (Å²) < 4.78 is 58.2. The molecule has 1 rings (SSSR count). The minimum atomic E-state index is -1.92. The second-order valence-electron chi connectivity index (χ2n) is 4.70. The molecular weight excluding hydrogens is 278 g/mol. The summed E-state index contributed by atoms with van der Waals surface area (Å²) in [4.78, 5) is 11.7. The van der Waals surface area contributed by atoms with Gasteiger partial charge in [-0.05, 0) is 20.3 Å². The minimum absolute atomic E-state index is 0.288. The molecule has 1 aromatic rings. The van der Waals surface area contributed by atoms with E-state index in [2.05, 4.69) is 4.74 Å². The molecule has 0 aliphatic rings. The molecule has 0 amide bonds. The third-order valence-electron chi connectivity index (χ3n) is 2.97. The van der Waals surface area contributed by atoms with Crippen LogP contribution in [0.3, 0.4) is 0 Å². The average Bonchev–Trinajstić information content (AvgIpc) is 2.41. The Morgan fingerprint density at radius 1 is 1.15 bits per heavy atom. The number of esters is 1. The Labute approximate surface area is 112 Å². The van der Waals surface area contributed by atoms with Crippen molar-refractivity contribution in [1.29, 1.82) is 5.26 Å². The third-order valence-corrected chi connectivity index (χ3v) is 2.97. The van der Waals surface area contributed by atoms with Crippen LogP contribution >= 0.6 is 0 Å². The number of carbonyl (C=O) groups is 1. The van der Waals surface area contributed by atoms with Gasteiger partial charge in [0.05, 0.1) is 5.41 Å². The highest BCUT2D eigenvalue weighted by atomic mass is 19.2. The molecule has 3 nitrogen and oxygen atoms in total. The van der Waals surface area contributed by atoms with Crippen LogP contribution in [0.25, 0.3) is 0 Å². The van der Waals surface area contributed by atoms with Crippen molar-refractivity contribution in [2.24, 2.45) is 5.41 Å². The lowest BCUT2D eigenvalue weighted by molar-refractivity contribution is -0.144. The molecule has 0 saturated heterocycles. The van der Waals surface area contributed by atoms with Crippen molar-refractivity contribution >= 4 is 5.97 Å². The highest BCUT2D eigenvalue weighted by Gasteiger charge is 2.33. The fraction of sp³-hybridized carbons (Fsp3) is 0.385. The molecule has 0 saturated carbocycles. The van der Waals surface area contributed by atoms with E-state index >= 15 is 0 Å². The van der Waals surface area contributed by atoms with E-state index in [-0.39, 0.29) is 6.42 Å². The average molecular weight is 289 g/mol. The van der Waals surface area contributed by atoms with Crippen LogP contribution in [0.4, 0.5) is 17.6 Å². The summed E-state index contributed by atoms with van der Waals surface area (Å²) in [5.41, 5.74) is -2.49. The number of hydrogen-bond donors (Lipinski definition) is 0. The van der Waals surface area contributed by atoms with Crippen molar-refractivity contribution in [3.05, 3.63) is 28.8 Å². The molecule has 0 aromatic heterocycles. The van der Waals surface area contributed by atoms with E-state index in [9.17, 15) is 22.4 Å². The molecule has 0 aliphatic carbocycles. The zero-order valence-electron chi connectivity index (χ0n) is 11.0. The highest BCUT2D eigenvalue weighted by Crippen LogP contribution is 2.32.